The predicted octanol–water partition coefficient (Wildman–Crippen LogP) is 3.00. The third kappa shape index (κ3) is 1.92. The summed E-state index contributed by atoms with van der Waals surface area (Å²) >= 11 is 5.88. The van der Waals surface area contributed by atoms with Crippen molar-refractivity contribution in [1.82, 2.24) is 4.98 Å². The van der Waals surface area contributed by atoms with Gasteiger partial charge in [-0.05, 0) is 30.7 Å². The van der Waals surface area contributed by atoms with Crippen LogP contribution in [0.3, 0.4) is 0 Å². The molecule has 1 aromatic carbocycles. The summed E-state index contributed by atoms with van der Waals surface area (Å²) in [5.41, 5.74) is 1.65. The summed E-state index contributed by atoms with van der Waals surface area (Å²) in [7, 11) is 0. The number of aromatic carboxylic acids is 1. The molecule has 0 atom stereocenters. The van der Waals surface area contributed by atoms with Gasteiger partial charge < -0.3 is 9.52 Å². The molecule has 16 heavy (non-hydrogen) atoms. The first-order chi connectivity index (χ1) is 7.58. The Morgan fingerprint density at radius 3 is 2.81 bits per heavy atom. The average Bonchev–Trinajstić information content (AvgIpc) is 2.71. The minimum absolute atomic E-state index is 0.317. The van der Waals surface area contributed by atoms with Crippen molar-refractivity contribution in [3.8, 4) is 11.3 Å². The summed E-state index contributed by atoms with van der Waals surface area (Å²) in [6, 6.07) is 5.30. The number of carbonyl (C=O) groups is 1. The largest absolute Gasteiger partial charge is 0.474 e. The van der Waals surface area contributed by atoms with Crippen molar-refractivity contribution >= 4 is 17.6 Å². The summed E-state index contributed by atoms with van der Waals surface area (Å²) in [5.74, 6) is -1.09. The Kier molecular flexibility index (Phi) is 2.66. The van der Waals surface area contributed by atoms with Gasteiger partial charge in [0.25, 0.3) is 0 Å². The second kappa shape index (κ2) is 3.98. The number of nitrogens with zero attached hydrogens (tertiary/aromatic N) is 1. The van der Waals surface area contributed by atoms with Crippen LogP contribution in [0.25, 0.3) is 11.3 Å². The zero-order valence-electron chi connectivity index (χ0n) is 8.40. The number of halogens is 1. The zero-order chi connectivity index (χ0) is 11.7. The van der Waals surface area contributed by atoms with Gasteiger partial charge in [-0.3, -0.25) is 0 Å². The molecule has 2 rings (SSSR count). The van der Waals surface area contributed by atoms with E-state index in [9.17, 15) is 4.79 Å². The maximum atomic E-state index is 10.6. The highest BCUT2D eigenvalue weighted by molar-refractivity contribution is 6.31. The minimum atomic E-state index is -1.18. The number of rotatable bonds is 2. The monoisotopic (exact) mass is 237 g/mol. The normalized spacial score (nSPS) is 10.4. The van der Waals surface area contributed by atoms with E-state index in [0.717, 1.165) is 11.1 Å². The van der Waals surface area contributed by atoms with Crippen LogP contribution in [0.15, 0.2) is 28.8 Å². The van der Waals surface area contributed by atoms with Gasteiger partial charge in [-0.2, -0.15) is 0 Å². The van der Waals surface area contributed by atoms with Crippen LogP contribution in [0.1, 0.15) is 16.2 Å². The topological polar surface area (TPSA) is 63.3 Å². The van der Waals surface area contributed by atoms with Gasteiger partial charge in [-0.25, -0.2) is 9.78 Å². The van der Waals surface area contributed by atoms with Crippen LogP contribution >= 0.6 is 11.6 Å². The first kappa shape index (κ1) is 10.7. The standard InChI is InChI=1S/C11H8ClNO3/c1-6-4-7(2-3-8(6)12)9-5-13-10(16-9)11(14)15/h2-5H,1H3,(H,14,15). The first-order valence-corrected chi connectivity index (χ1v) is 4.91. The average molecular weight is 238 g/mol. The molecule has 0 spiro atoms. The maximum absolute atomic E-state index is 10.6. The quantitative estimate of drug-likeness (QED) is 0.872. The summed E-state index contributed by atoms with van der Waals surface area (Å²) in [6.45, 7) is 1.86. The van der Waals surface area contributed by atoms with E-state index in [1.54, 1.807) is 12.1 Å². The first-order valence-electron chi connectivity index (χ1n) is 4.53. The predicted molar refractivity (Wildman–Crippen MR) is 58.6 cm³/mol. The van der Waals surface area contributed by atoms with E-state index in [1.165, 1.54) is 6.20 Å². The number of aromatic nitrogens is 1. The van der Waals surface area contributed by atoms with Crippen LogP contribution in [0, 0.1) is 6.92 Å². The summed E-state index contributed by atoms with van der Waals surface area (Å²) in [4.78, 5) is 14.2. The maximum Gasteiger partial charge on any atom is 0.392 e. The van der Waals surface area contributed by atoms with Crippen LogP contribution in [0.2, 0.25) is 5.02 Å². The van der Waals surface area contributed by atoms with Crippen molar-refractivity contribution in [1.29, 1.82) is 0 Å². The molecule has 0 radical (unpaired) electrons. The second-order valence-corrected chi connectivity index (χ2v) is 3.71. The molecule has 0 fully saturated rings. The Balaban J connectivity index is 2.42. The number of carboxylic acids is 1. The van der Waals surface area contributed by atoms with Gasteiger partial charge in [0, 0.05) is 10.6 Å². The van der Waals surface area contributed by atoms with E-state index in [0.29, 0.717) is 10.8 Å². The molecule has 1 aromatic heterocycles. The summed E-state index contributed by atoms with van der Waals surface area (Å²) in [5, 5.41) is 9.32. The number of hydrogen-bond donors (Lipinski definition) is 1. The number of benzene rings is 1. The molecule has 0 saturated carbocycles. The van der Waals surface area contributed by atoms with Gasteiger partial charge in [-0.15, -0.1) is 0 Å². The smallest absolute Gasteiger partial charge is 0.392 e. The van der Waals surface area contributed by atoms with Crippen LogP contribution < -0.4 is 0 Å². The number of aryl methyl sites for hydroxylation is 1. The lowest BCUT2D eigenvalue weighted by molar-refractivity contribution is 0.0654. The molecule has 0 saturated heterocycles. The van der Waals surface area contributed by atoms with Crippen molar-refractivity contribution in [2.24, 2.45) is 0 Å². The van der Waals surface area contributed by atoms with E-state index >= 15 is 0 Å². The van der Waals surface area contributed by atoms with Crippen LogP contribution in [-0.4, -0.2) is 16.1 Å². The highest BCUT2D eigenvalue weighted by atomic mass is 35.5. The Labute approximate surface area is 96.5 Å². The van der Waals surface area contributed by atoms with Gasteiger partial charge in [0.1, 0.15) is 0 Å². The molecule has 0 bridgehead atoms. The van der Waals surface area contributed by atoms with Gasteiger partial charge in [0.2, 0.25) is 0 Å². The summed E-state index contributed by atoms with van der Waals surface area (Å²) < 4.78 is 5.07. The third-order valence-corrected chi connectivity index (χ3v) is 2.56. The molecule has 1 N–H and O–H groups in total. The second-order valence-electron chi connectivity index (χ2n) is 3.30. The molecule has 0 aliphatic heterocycles. The minimum Gasteiger partial charge on any atom is -0.474 e. The van der Waals surface area contributed by atoms with Crippen LogP contribution in [0.4, 0.5) is 0 Å². The summed E-state index contributed by atoms with van der Waals surface area (Å²) in [6.07, 6.45) is 1.38. The van der Waals surface area contributed by atoms with Crippen molar-refractivity contribution in [2.45, 2.75) is 6.92 Å². The van der Waals surface area contributed by atoms with Crippen molar-refractivity contribution < 1.29 is 14.3 Å². The molecule has 1 heterocycles. The molecule has 0 unspecified atom stereocenters. The Morgan fingerprint density at radius 2 is 2.25 bits per heavy atom. The molecule has 0 aliphatic rings. The van der Waals surface area contributed by atoms with Crippen molar-refractivity contribution in [2.75, 3.05) is 0 Å². The van der Waals surface area contributed by atoms with Gasteiger partial charge in [0.15, 0.2) is 5.76 Å². The van der Waals surface area contributed by atoms with Gasteiger partial charge in [-0.1, -0.05) is 11.6 Å². The lowest BCUT2D eigenvalue weighted by Gasteiger charge is -2.00. The van der Waals surface area contributed by atoms with E-state index < -0.39 is 5.97 Å². The lowest BCUT2D eigenvalue weighted by Crippen LogP contribution is -1.94. The molecule has 4 nitrogen and oxygen atoms in total. The number of oxazole rings is 1. The fourth-order valence-electron chi connectivity index (χ4n) is 1.30. The molecule has 2 aromatic rings. The highest BCUT2D eigenvalue weighted by Crippen LogP contribution is 2.25. The van der Waals surface area contributed by atoms with E-state index in [4.69, 9.17) is 21.1 Å². The van der Waals surface area contributed by atoms with Crippen LogP contribution in [-0.2, 0) is 0 Å². The fourth-order valence-corrected chi connectivity index (χ4v) is 1.42. The highest BCUT2D eigenvalue weighted by Gasteiger charge is 2.12. The molecular formula is C11H8ClNO3. The van der Waals surface area contributed by atoms with E-state index in [1.807, 2.05) is 13.0 Å². The Hall–Kier alpha value is -1.81. The molecule has 0 aliphatic carbocycles. The van der Waals surface area contributed by atoms with Gasteiger partial charge in [0.05, 0.1) is 6.20 Å². The molecular weight excluding hydrogens is 230 g/mol. The molecule has 82 valence electrons. The molecule has 5 heteroatoms. The van der Waals surface area contributed by atoms with E-state index in [-0.39, 0.29) is 5.89 Å². The van der Waals surface area contributed by atoms with Crippen molar-refractivity contribution in [3.05, 3.63) is 40.9 Å². The lowest BCUT2D eigenvalue weighted by atomic mass is 10.1. The Bertz CT molecular complexity index is 548. The van der Waals surface area contributed by atoms with E-state index in [2.05, 4.69) is 4.98 Å². The van der Waals surface area contributed by atoms with Crippen LogP contribution in [0.5, 0.6) is 0 Å². The number of hydrogen-bond acceptors (Lipinski definition) is 3. The molecule has 0 amide bonds. The van der Waals surface area contributed by atoms with Crippen molar-refractivity contribution in [3.63, 3.8) is 0 Å². The Morgan fingerprint density at radius 1 is 1.50 bits per heavy atom. The number of carboxylic acid groups (broad SMARTS) is 1. The fraction of sp³-hybridized carbons (Fsp3) is 0.0909. The SMILES string of the molecule is Cc1cc(-c2cnc(C(=O)O)o2)ccc1Cl. The third-order valence-electron chi connectivity index (χ3n) is 2.13. The van der Waals surface area contributed by atoms with Gasteiger partial charge >= 0.3 is 11.9 Å². The zero-order valence-corrected chi connectivity index (χ0v) is 9.15.